The molecule has 0 aromatic heterocycles. The number of amides is 1. The summed E-state index contributed by atoms with van der Waals surface area (Å²) < 4.78 is 0. The van der Waals surface area contributed by atoms with Crippen LogP contribution in [0.25, 0.3) is 0 Å². The summed E-state index contributed by atoms with van der Waals surface area (Å²) >= 11 is 1.24. The molecule has 47 valence electrons. The maximum Gasteiger partial charge on any atom is 0.236 e. The van der Waals surface area contributed by atoms with Gasteiger partial charge in [0.05, 0.1) is 5.75 Å². The number of aliphatic imine (C=N–C) groups is 1. The molecule has 1 amide bonds. The van der Waals surface area contributed by atoms with Gasteiger partial charge in [0, 0.05) is 51.4 Å². The van der Waals surface area contributed by atoms with Crippen LogP contribution >= 0.6 is 11.8 Å². The summed E-state index contributed by atoms with van der Waals surface area (Å²) in [5.41, 5.74) is 0. The standard InChI is InChI=1S/C4H3N3OS.K/c5-2-6-4-7-3(8)1-9-4;/h1H2,(H,6,7,8);. The van der Waals surface area contributed by atoms with Gasteiger partial charge in [0.2, 0.25) is 12.1 Å². The minimum atomic E-state index is -0.0889. The Labute approximate surface area is 105 Å². The third kappa shape index (κ3) is 3.14. The molecule has 10 heavy (non-hydrogen) atoms. The van der Waals surface area contributed by atoms with E-state index in [1.54, 1.807) is 6.19 Å². The largest absolute Gasteiger partial charge is 0.304 e. The van der Waals surface area contributed by atoms with Crippen molar-refractivity contribution in [3.8, 4) is 6.19 Å². The molecule has 4 nitrogen and oxygen atoms in total. The van der Waals surface area contributed by atoms with Crippen LogP contribution in [0.2, 0.25) is 0 Å². The number of hydrogen-bond acceptors (Lipinski definition) is 4. The third-order valence-corrected chi connectivity index (χ3v) is 1.61. The van der Waals surface area contributed by atoms with Crippen molar-refractivity contribution in [1.82, 2.24) is 5.32 Å². The fourth-order valence-electron chi connectivity index (χ4n) is 0.431. The number of nitrogens with one attached hydrogen (secondary N) is 1. The smallest absolute Gasteiger partial charge is 0.236 e. The zero-order valence-electron chi connectivity index (χ0n) is 5.42. The number of carbonyl (C=O) groups is 1. The van der Waals surface area contributed by atoms with Crippen molar-refractivity contribution in [2.75, 3.05) is 5.75 Å². The van der Waals surface area contributed by atoms with Crippen molar-refractivity contribution in [3.63, 3.8) is 0 Å². The molecular weight excluding hydrogens is 177 g/mol. The van der Waals surface area contributed by atoms with E-state index in [0.29, 0.717) is 10.9 Å². The predicted octanol–water partition coefficient (Wildman–Crippen LogP) is -0.694. The van der Waals surface area contributed by atoms with Gasteiger partial charge in [0.1, 0.15) is 0 Å². The van der Waals surface area contributed by atoms with Crippen LogP contribution in [0.4, 0.5) is 0 Å². The molecule has 1 rings (SSSR count). The van der Waals surface area contributed by atoms with Crippen LogP contribution in [0.15, 0.2) is 4.99 Å². The van der Waals surface area contributed by atoms with Crippen LogP contribution in [0.5, 0.6) is 0 Å². The summed E-state index contributed by atoms with van der Waals surface area (Å²) in [7, 11) is 0. The molecule has 1 saturated heterocycles. The molecule has 0 saturated carbocycles. The zero-order valence-corrected chi connectivity index (χ0v) is 9.36. The number of nitrogens with zero attached hydrogens (tertiary/aromatic N) is 2. The monoisotopic (exact) mass is 180 g/mol. The van der Waals surface area contributed by atoms with Gasteiger partial charge in [-0.05, 0) is 0 Å². The van der Waals surface area contributed by atoms with Gasteiger partial charge in [0.15, 0.2) is 5.17 Å². The van der Waals surface area contributed by atoms with E-state index in [1.165, 1.54) is 11.8 Å². The predicted molar refractivity (Wildman–Crippen MR) is 39.4 cm³/mol. The molecule has 1 aliphatic heterocycles. The number of thioether (sulfide) groups is 1. The van der Waals surface area contributed by atoms with Gasteiger partial charge in [-0.3, -0.25) is 4.79 Å². The molecule has 0 atom stereocenters. The molecule has 0 aromatic carbocycles. The SMILES string of the molecule is N#CN=C1NC(=O)CS1.[K]. The molecule has 0 aliphatic carbocycles. The molecule has 1 aliphatic rings. The number of rotatable bonds is 0. The minimum absolute atomic E-state index is 0. The van der Waals surface area contributed by atoms with E-state index in [9.17, 15) is 4.79 Å². The molecule has 0 bridgehead atoms. The second-order valence-corrected chi connectivity index (χ2v) is 2.32. The normalized spacial score (nSPS) is 19.5. The van der Waals surface area contributed by atoms with Gasteiger partial charge in [-0.2, -0.15) is 5.26 Å². The second-order valence-electron chi connectivity index (χ2n) is 1.35. The first-order valence-corrected chi connectivity index (χ1v) is 3.21. The maximum absolute atomic E-state index is 10.4. The van der Waals surface area contributed by atoms with Crippen LogP contribution < -0.4 is 5.32 Å². The number of carbonyl (C=O) groups excluding carboxylic acids is 1. The Morgan fingerprint density at radius 1 is 1.80 bits per heavy atom. The average molecular weight is 180 g/mol. The number of nitriles is 1. The summed E-state index contributed by atoms with van der Waals surface area (Å²) in [4.78, 5) is 13.7. The molecule has 6 heteroatoms. The first kappa shape index (κ1) is 10.6. The summed E-state index contributed by atoms with van der Waals surface area (Å²) in [5.74, 6) is 0.287. The third-order valence-electron chi connectivity index (χ3n) is 0.738. The quantitative estimate of drug-likeness (QED) is 0.396. The van der Waals surface area contributed by atoms with Crippen molar-refractivity contribution in [1.29, 1.82) is 5.26 Å². The van der Waals surface area contributed by atoms with Gasteiger partial charge in [-0.15, -0.1) is 4.99 Å². The van der Waals surface area contributed by atoms with Crippen molar-refractivity contribution < 1.29 is 4.79 Å². The molecule has 0 unspecified atom stereocenters. The van der Waals surface area contributed by atoms with Crippen molar-refractivity contribution in [2.24, 2.45) is 4.99 Å². The van der Waals surface area contributed by atoms with E-state index in [-0.39, 0.29) is 57.3 Å². The van der Waals surface area contributed by atoms with E-state index >= 15 is 0 Å². The van der Waals surface area contributed by atoms with Gasteiger partial charge >= 0.3 is 0 Å². The fourth-order valence-corrected chi connectivity index (χ4v) is 1.06. The van der Waals surface area contributed by atoms with E-state index in [1.807, 2.05) is 0 Å². The Morgan fingerprint density at radius 3 is 2.90 bits per heavy atom. The Balaban J connectivity index is 0.000000810. The summed E-state index contributed by atoms with van der Waals surface area (Å²) in [6, 6.07) is 0. The average Bonchev–Trinajstić information content (AvgIpc) is 2.17. The fraction of sp³-hybridized carbons (Fsp3) is 0.250. The van der Waals surface area contributed by atoms with Crippen LogP contribution in [-0.2, 0) is 4.79 Å². The molecular formula is C4H3KN3OS. The summed E-state index contributed by atoms with van der Waals surface area (Å²) in [6.45, 7) is 0. The Morgan fingerprint density at radius 2 is 2.50 bits per heavy atom. The van der Waals surface area contributed by atoms with Gasteiger partial charge in [0.25, 0.3) is 0 Å². The topological polar surface area (TPSA) is 65.2 Å². The number of amidine groups is 1. The zero-order chi connectivity index (χ0) is 6.69. The Kier molecular flexibility index (Phi) is 5.62. The summed E-state index contributed by atoms with van der Waals surface area (Å²) in [5, 5.41) is 10.8. The van der Waals surface area contributed by atoms with Crippen molar-refractivity contribution in [3.05, 3.63) is 0 Å². The van der Waals surface area contributed by atoms with Crippen LogP contribution in [0, 0.1) is 11.5 Å². The first-order valence-electron chi connectivity index (χ1n) is 2.22. The van der Waals surface area contributed by atoms with Crippen LogP contribution in [0.3, 0.4) is 0 Å². The molecule has 1 N–H and O–H groups in total. The second kappa shape index (κ2) is 5.29. The Hall–Kier alpha value is 0.616. The van der Waals surface area contributed by atoms with Crippen molar-refractivity contribution >= 4 is 74.2 Å². The van der Waals surface area contributed by atoms with Crippen LogP contribution in [0.1, 0.15) is 0 Å². The van der Waals surface area contributed by atoms with Crippen LogP contribution in [-0.4, -0.2) is 68.2 Å². The van der Waals surface area contributed by atoms with Gasteiger partial charge in [-0.25, -0.2) is 0 Å². The molecule has 1 fully saturated rings. The van der Waals surface area contributed by atoms with Gasteiger partial charge < -0.3 is 5.32 Å². The maximum atomic E-state index is 10.4. The Bertz CT molecular complexity index is 209. The minimum Gasteiger partial charge on any atom is -0.304 e. The number of hydrogen-bond donors (Lipinski definition) is 1. The molecule has 1 radical (unpaired) electrons. The van der Waals surface area contributed by atoms with E-state index in [0.717, 1.165) is 0 Å². The van der Waals surface area contributed by atoms with E-state index in [2.05, 4.69) is 10.3 Å². The summed E-state index contributed by atoms with van der Waals surface area (Å²) in [6.07, 6.45) is 1.58. The first-order chi connectivity index (χ1) is 4.33. The molecule has 0 spiro atoms. The van der Waals surface area contributed by atoms with E-state index < -0.39 is 0 Å². The van der Waals surface area contributed by atoms with E-state index in [4.69, 9.17) is 5.26 Å². The molecule has 0 aromatic rings. The van der Waals surface area contributed by atoms with Crippen molar-refractivity contribution in [2.45, 2.75) is 0 Å². The van der Waals surface area contributed by atoms with Gasteiger partial charge in [-0.1, -0.05) is 11.8 Å². The molecule has 1 heterocycles.